The number of amides is 5. The summed E-state index contributed by atoms with van der Waals surface area (Å²) in [5, 5.41) is 41.5. The van der Waals surface area contributed by atoms with E-state index in [0.717, 1.165) is 0 Å². The number of rotatable bonds is 25. The van der Waals surface area contributed by atoms with Gasteiger partial charge < -0.3 is 59.1 Å². The number of thioether (sulfide) groups is 1. The van der Waals surface area contributed by atoms with Crippen molar-refractivity contribution >= 4 is 59.2 Å². The summed E-state index contributed by atoms with van der Waals surface area (Å²) >= 11 is 1.41. The molecular weight excluding hydrogens is 739 g/mol. The number of benzene rings is 1. The highest BCUT2D eigenvalue weighted by molar-refractivity contribution is 7.98. The number of nitrogens with one attached hydrogen (secondary N) is 5. The van der Waals surface area contributed by atoms with Crippen LogP contribution in [0.4, 0.5) is 0 Å². The Morgan fingerprint density at radius 2 is 1.22 bits per heavy atom. The van der Waals surface area contributed by atoms with Gasteiger partial charge in [-0.15, -0.1) is 0 Å². The fourth-order valence-corrected chi connectivity index (χ4v) is 5.61. The maximum atomic E-state index is 13.9. The summed E-state index contributed by atoms with van der Waals surface area (Å²) in [7, 11) is 0. The van der Waals surface area contributed by atoms with Crippen LogP contribution >= 0.6 is 11.8 Å². The van der Waals surface area contributed by atoms with E-state index in [4.69, 9.17) is 17.2 Å². The maximum Gasteiger partial charge on any atom is 0.326 e. The van der Waals surface area contributed by atoms with Crippen molar-refractivity contribution in [2.45, 2.75) is 102 Å². The summed E-state index contributed by atoms with van der Waals surface area (Å²) in [5.41, 5.74) is 17.1. The maximum absolute atomic E-state index is 13.9. The number of nitrogens with zero attached hydrogens (tertiary/aromatic N) is 1. The van der Waals surface area contributed by atoms with Crippen LogP contribution in [-0.4, -0.2) is 118 Å². The van der Waals surface area contributed by atoms with Gasteiger partial charge in [-0.1, -0.05) is 39.8 Å². The van der Waals surface area contributed by atoms with Crippen LogP contribution in [0, 0.1) is 11.8 Å². The molecule has 0 bridgehead atoms. The molecule has 5 amide bonds. The number of phenols is 1. The van der Waals surface area contributed by atoms with E-state index in [9.17, 15) is 48.9 Å². The van der Waals surface area contributed by atoms with Crippen molar-refractivity contribution in [2.24, 2.45) is 34.0 Å². The number of guanidine groups is 1. The summed E-state index contributed by atoms with van der Waals surface area (Å²) in [4.78, 5) is 94.4. The predicted molar refractivity (Wildman–Crippen MR) is 207 cm³/mol. The minimum absolute atomic E-state index is 0.0564. The highest BCUT2D eigenvalue weighted by Crippen LogP contribution is 2.14. The second kappa shape index (κ2) is 24.3. The third kappa shape index (κ3) is 18.2. The Hall–Kier alpha value is -5.11. The van der Waals surface area contributed by atoms with Crippen LogP contribution < -0.4 is 43.8 Å². The van der Waals surface area contributed by atoms with Crippen molar-refractivity contribution in [3.63, 3.8) is 0 Å². The molecule has 0 heterocycles. The van der Waals surface area contributed by atoms with Gasteiger partial charge in [0.05, 0.1) is 6.04 Å². The zero-order valence-electron chi connectivity index (χ0n) is 31.9. The molecule has 20 heteroatoms. The van der Waals surface area contributed by atoms with E-state index in [2.05, 4.69) is 31.6 Å². The molecule has 1 aromatic rings. The van der Waals surface area contributed by atoms with Gasteiger partial charge in [-0.05, 0) is 67.2 Å². The molecule has 1 aromatic carbocycles. The van der Waals surface area contributed by atoms with Crippen molar-refractivity contribution in [3.8, 4) is 5.75 Å². The molecule has 55 heavy (non-hydrogen) atoms. The van der Waals surface area contributed by atoms with E-state index < -0.39 is 96.0 Å². The topological polar surface area (TPSA) is 331 Å². The van der Waals surface area contributed by atoms with Crippen LogP contribution in [0.15, 0.2) is 29.3 Å². The highest BCUT2D eigenvalue weighted by Gasteiger charge is 2.35. The summed E-state index contributed by atoms with van der Waals surface area (Å²) in [6, 6.07) is -1.75. The van der Waals surface area contributed by atoms with Crippen molar-refractivity contribution in [3.05, 3.63) is 29.8 Å². The van der Waals surface area contributed by atoms with Gasteiger partial charge in [0.15, 0.2) is 5.96 Å². The van der Waals surface area contributed by atoms with Gasteiger partial charge in [-0.25, -0.2) is 4.79 Å². The number of carbonyl (C=O) groups excluding carboxylic acids is 5. The molecule has 0 aliphatic rings. The minimum atomic E-state index is -1.43. The molecule has 308 valence electrons. The molecule has 0 aliphatic heterocycles. The van der Waals surface area contributed by atoms with Crippen LogP contribution in [0.3, 0.4) is 0 Å². The quantitative estimate of drug-likeness (QED) is 0.0313. The Morgan fingerprint density at radius 1 is 0.709 bits per heavy atom. The largest absolute Gasteiger partial charge is 0.508 e. The number of phenolic OH excluding ortho intramolecular Hbond substituents is 1. The first-order chi connectivity index (χ1) is 25.8. The number of hydrogen-bond donors (Lipinski definition) is 11. The average molecular weight is 796 g/mol. The molecule has 0 aromatic heterocycles. The molecule has 0 spiro atoms. The average Bonchev–Trinajstić information content (AvgIpc) is 3.10. The zero-order valence-corrected chi connectivity index (χ0v) is 32.7. The van der Waals surface area contributed by atoms with Gasteiger partial charge >= 0.3 is 11.9 Å². The van der Waals surface area contributed by atoms with Gasteiger partial charge in [0.2, 0.25) is 29.5 Å². The molecule has 0 unspecified atom stereocenters. The zero-order chi connectivity index (χ0) is 41.8. The SMILES string of the molecule is CSCC[C@H](NC(=O)[C@@H](NC(=O)[C@@H](NC(=O)[C@H](Cc1ccc(O)cc1)NC(=O)[C@H](CCC(=O)O)NC(=O)[C@@H](N)CCCN=C(N)N)C(C)C)C(C)C)C(=O)O. The van der Waals surface area contributed by atoms with Crippen LogP contribution in [0.5, 0.6) is 5.75 Å². The van der Waals surface area contributed by atoms with Crippen LogP contribution in [0.25, 0.3) is 0 Å². The summed E-state index contributed by atoms with van der Waals surface area (Å²) in [6.07, 6.45) is 1.41. The molecule has 0 radical (unpaired) electrons. The van der Waals surface area contributed by atoms with Crippen LogP contribution in [-0.2, 0) is 40.0 Å². The number of nitrogens with two attached hydrogens (primary N) is 3. The Morgan fingerprint density at radius 3 is 1.73 bits per heavy atom. The lowest BCUT2D eigenvalue weighted by Crippen LogP contribution is -2.61. The standard InChI is InChI=1S/C35H57N9O10S/c1-18(2)27(32(51)41-24(34(53)54)14-16-55-5)44-33(52)28(19(3)4)43-31(50)25(17-20-8-10-21(45)11-9-20)42-30(49)23(12-13-26(46)47)40-29(48)22(36)7-6-15-39-35(37)38/h8-11,18-19,22-25,27-28,45H,6-7,12-17,36H2,1-5H3,(H,40,48)(H,41,51)(H,42,49)(H,43,50)(H,44,52)(H,46,47)(H,53,54)(H4,37,38,39)/t22-,23-,24-,25-,27-,28-/m0/s1. The molecule has 19 nitrogen and oxygen atoms in total. The van der Waals surface area contributed by atoms with Gasteiger partial charge in [0.1, 0.15) is 36.0 Å². The molecule has 1 rings (SSSR count). The number of carbonyl (C=O) groups is 7. The molecule has 0 aliphatic carbocycles. The Labute approximate surface area is 324 Å². The number of carboxylic acid groups (broad SMARTS) is 2. The third-order valence-corrected chi connectivity index (χ3v) is 8.96. The van der Waals surface area contributed by atoms with Crippen LogP contribution in [0.2, 0.25) is 0 Å². The van der Waals surface area contributed by atoms with Gasteiger partial charge in [0.25, 0.3) is 0 Å². The lowest BCUT2D eigenvalue weighted by atomic mass is 9.98. The lowest BCUT2D eigenvalue weighted by molar-refractivity contribution is -0.142. The first-order valence-electron chi connectivity index (χ1n) is 17.8. The summed E-state index contributed by atoms with van der Waals surface area (Å²) < 4.78 is 0. The first-order valence-corrected chi connectivity index (χ1v) is 19.2. The van der Waals surface area contributed by atoms with Gasteiger partial charge in [-0.2, -0.15) is 11.8 Å². The lowest BCUT2D eigenvalue weighted by Gasteiger charge is -2.29. The fraction of sp³-hybridized carbons (Fsp3) is 0.600. The molecule has 0 fully saturated rings. The summed E-state index contributed by atoms with van der Waals surface area (Å²) in [6.45, 7) is 6.80. The third-order valence-electron chi connectivity index (χ3n) is 8.31. The monoisotopic (exact) mass is 795 g/mol. The molecular formula is C35H57N9O10S. The predicted octanol–water partition coefficient (Wildman–Crippen LogP) is -1.25. The number of hydrogen-bond acceptors (Lipinski definition) is 11. The molecule has 0 saturated heterocycles. The van der Waals surface area contributed by atoms with E-state index in [0.29, 0.717) is 17.7 Å². The van der Waals surface area contributed by atoms with Gasteiger partial charge in [-0.3, -0.25) is 33.8 Å². The Bertz CT molecular complexity index is 1490. The number of aliphatic carboxylic acids is 2. The van der Waals surface area contributed by atoms with Crippen molar-refractivity contribution in [2.75, 3.05) is 18.6 Å². The smallest absolute Gasteiger partial charge is 0.326 e. The highest BCUT2D eigenvalue weighted by atomic mass is 32.2. The summed E-state index contributed by atoms with van der Waals surface area (Å²) in [5.74, 6) is -7.17. The Kier molecular flexibility index (Phi) is 21.2. The minimum Gasteiger partial charge on any atom is -0.508 e. The molecule has 0 saturated carbocycles. The second-order valence-electron chi connectivity index (χ2n) is 13.6. The number of aliphatic imine (C=N–C) groups is 1. The first kappa shape index (κ1) is 47.9. The molecule has 14 N–H and O–H groups in total. The van der Waals surface area contributed by atoms with E-state index in [1.807, 2.05) is 0 Å². The number of aromatic hydroxyl groups is 1. The normalized spacial score (nSPS) is 14.3. The second-order valence-corrected chi connectivity index (χ2v) is 14.6. The van der Waals surface area contributed by atoms with Crippen LogP contribution in [0.1, 0.15) is 65.4 Å². The van der Waals surface area contributed by atoms with Crippen molar-refractivity contribution in [1.29, 1.82) is 0 Å². The van der Waals surface area contributed by atoms with Crippen molar-refractivity contribution < 1.29 is 48.9 Å². The van der Waals surface area contributed by atoms with Crippen molar-refractivity contribution in [1.82, 2.24) is 26.6 Å². The number of carboxylic acids is 2. The van der Waals surface area contributed by atoms with E-state index in [1.165, 1.54) is 36.0 Å². The van der Waals surface area contributed by atoms with E-state index >= 15 is 0 Å². The van der Waals surface area contributed by atoms with Gasteiger partial charge in [0, 0.05) is 19.4 Å². The van der Waals surface area contributed by atoms with E-state index in [1.54, 1.807) is 34.0 Å². The fourth-order valence-electron chi connectivity index (χ4n) is 5.14. The molecule has 6 atom stereocenters. The Balaban J connectivity index is 3.33. The van der Waals surface area contributed by atoms with E-state index in [-0.39, 0.29) is 43.9 Å².